The highest BCUT2D eigenvalue weighted by molar-refractivity contribution is 6.26. The van der Waals surface area contributed by atoms with Crippen molar-refractivity contribution >= 4 is 32.3 Å². The molecule has 49 heavy (non-hydrogen) atoms. The van der Waals surface area contributed by atoms with Crippen LogP contribution in [0, 0.1) is 0 Å². The Morgan fingerprint density at radius 2 is 0.633 bits per heavy atom. The van der Waals surface area contributed by atoms with Crippen LogP contribution in [0.4, 0.5) is 0 Å². The first-order chi connectivity index (χ1) is 24.3. The quantitative estimate of drug-likeness (QED) is 0.169. The molecule has 0 nitrogen and oxygen atoms in total. The first-order valence-corrected chi connectivity index (χ1v) is 17.2. The standard InChI is InChI=1S/C49H30/c1-2-12-31(13-3-1)32-22-24-33(25-23-32)34-26-27-41-39-18-8-10-20-45(39)49(47(41)28-34)46-21-11-9-19-40(46)44-29-42-37-16-6-4-14-35(37)36-15-5-7-17-38(36)43(42)30-48(44)49/h1-30H. The van der Waals surface area contributed by atoms with Crippen LogP contribution < -0.4 is 0 Å². The minimum Gasteiger partial charge on any atom is -0.0622 e. The van der Waals surface area contributed by atoms with Crippen LogP contribution in [0.3, 0.4) is 0 Å². The molecule has 0 saturated heterocycles. The number of hydrogen-bond acceptors (Lipinski definition) is 0. The van der Waals surface area contributed by atoms with Crippen LogP contribution in [0.2, 0.25) is 0 Å². The molecule has 0 aliphatic heterocycles. The Morgan fingerprint density at radius 1 is 0.224 bits per heavy atom. The van der Waals surface area contributed by atoms with Gasteiger partial charge in [-0.1, -0.05) is 164 Å². The van der Waals surface area contributed by atoms with Crippen molar-refractivity contribution < 1.29 is 0 Å². The van der Waals surface area contributed by atoms with E-state index in [1.165, 1.54) is 99.1 Å². The van der Waals surface area contributed by atoms with Gasteiger partial charge in [0.05, 0.1) is 5.41 Å². The third-order valence-electron chi connectivity index (χ3n) is 11.3. The molecule has 0 fully saturated rings. The molecule has 0 bridgehead atoms. The Hall–Kier alpha value is -6.24. The second kappa shape index (κ2) is 9.89. The molecule has 11 rings (SSSR count). The monoisotopic (exact) mass is 618 g/mol. The van der Waals surface area contributed by atoms with Crippen molar-refractivity contribution in [1.82, 2.24) is 0 Å². The van der Waals surface area contributed by atoms with E-state index in [0.29, 0.717) is 0 Å². The lowest BCUT2D eigenvalue weighted by atomic mass is 9.70. The molecule has 1 unspecified atom stereocenters. The zero-order valence-electron chi connectivity index (χ0n) is 26.8. The van der Waals surface area contributed by atoms with Gasteiger partial charge in [-0.25, -0.2) is 0 Å². The lowest BCUT2D eigenvalue weighted by molar-refractivity contribution is 0.795. The molecule has 0 amide bonds. The highest BCUT2D eigenvalue weighted by atomic mass is 14.5. The zero-order valence-corrected chi connectivity index (χ0v) is 26.8. The molecule has 0 heteroatoms. The number of fused-ring (bicyclic) bond motifs is 16. The molecular formula is C49H30. The van der Waals surface area contributed by atoms with Gasteiger partial charge in [-0.15, -0.1) is 0 Å². The van der Waals surface area contributed by atoms with E-state index in [0.717, 1.165) is 0 Å². The van der Waals surface area contributed by atoms with E-state index in [1.54, 1.807) is 0 Å². The van der Waals surface area contributed by atoms with Gasteiger partial charge < -0.3 is 0 Å². The molecule has 2 aliphatic carbocycles. The second-order valence-electron chi connectivity index (χ2n) is 13.6. The van der Waals surface area contributed by atoms with Crippen molar-refractivity contribution in [2.24, 2.45) is 0 Å². The van der Waals surface area contributed by atoms with Crippen molar-refractivity contribution in [3.63, 3.8) is 0 Å². The lowest BCUT2D eigenvalue weighted by Crippen LogP contribution is -2.25. The summed E-state index contributed by atoms with van der Waals surface area (Å²) < 4.78 is 0. The summed E-state index contributed by atoms with van der Waals surface area (Å²) in [7, 11) is 0. The van der Waals surface area contributed by atoms with E-state index in [4.69, 9.17) is 0 Å². The molecule has 0 heterocycles. The van der Waals surface area contributed by atoms with Crippen LogP contribution in [0.25, 0.3) is 76.8 Å². The molecule has 9 aromatic carbocycles. The van der Waals surface area contributed by atoms with Gasteiger partial charge in [0.25, 0.3) is 0 Å². The van der Waals surface area contributed by atoms with Crippen LogP contribution in [0.1, 0.15) is 22.3 Å². The Bertz CT molecular complexity index is 2800. The molecule has 0 saturated carbocycles. The third kappa shape index (κ3) is 3.53. The van der Waals surface area contributed by atoms with Crippen LogP contribution >= 0.6 is 0 Å². The second-order valence-corrected chi connectivity index (χ2v) is 13.6. The van der Waals surface area contributed by atoms with Crippen molar-refractivity contribution in [3.8, 4) is 44.5 Å². The average molecular weight is 619 g/mol. The summed E-state index contributed by atoms with van der Waals surface area (Å²) in [5.74, 6) is 0. The number of benzene rings is 9. The molecule has 1 spiro atoms. The molecule has 9 aromatic rings. The van der Waals surface area contributed by atoms with Crippen molar-refractivity contribution in [1.29, 1.82) is 0 Å². The lowest BCUT2D eigenvalue weighted by Gasteiger charge is -2.31. The van der Waals surface area contributed by atoms with Gasteiger partial charge in [0, 0.05) is 0 Å². The van der Waals surface area contributed by atoms with Gasteiger partial charge in [-0.05, 0) is 117 Å². The fourth-order valence-electron chi connectivity index (χ4n) is 9.20. The fourth-order valence-corrected chi connectivity index (χ4v) is 9.20. The Morgan fingerprint density at radius 3 is 1.27 bits per heavy atom. The fraction of sp³-hybridized carbons (Fsp3) is 0.0204. The molecule has 2 aliphatic rings. The zero-order chi connectivity index (χ0) is 32.1. The molecule has 0 aromatic heterocycles. The highest BCUT2D eigenvalue weighted by Gasteiger charge is 2.51. The summed E-state index contributed by atoms with van der Waals surface area (Å²) in [6.07, 6.45) is 0. The minimum absolute atomic E-state index is 0.418. The van der Waals surface area contributed by atoms with Crippen molar-refractivity contribution in [2.45, 2.75) is 5.41 Å². The molecule has 0 radical (unpaired) electrons. The van der Waals surface area contributed by atoms with Gasteiger partial charge in [0.1, 0.15) is 0 Å². The van der Waals surface area contributed by atoms with E-state index < -0.39 is 5.41 Å². The van der Waals surface area contributed by atoms with E-state index in [1.807, 2.05) is 0 Å². The molecular weight excluding hydrogens is 589 g/mol. The van der Waals surface area contributed by atoms with E-state index in [2.05, 4.69) is 182 Å². The first kappa shape index (κ1) is 26.8. The Kier molecular flexibility index (Phi) is 5.41. The van der Waals surface area contributed by atoms with E-state index in [9.17, 15) is 0 Å². The highest BCUT2D eigenvalue weighted by Crippen LogP contribution is 2.63. The van der Waals surface area contributed by atoms with E-state index >= 15 is 0 Å². The van der Waals surface area contributed by atoms with Crippen LogP contribution in [-0.2, 0) is 5.41 Å². The average Bonchev–Trinajstić information content (AvgIpc) is 3.64. The Labute approximate surface area is 285 Å². The molecule has 226 valence electrons. The van der Waals surface area contributed by atoms with Crippen LogP contribution in [0.15, 0.2) is 182 Å². The summed E-state index contributed by atoms with van der Waals surface area (Å²) in [6.45, 7) is 0. The van der Waals surface area contributed by atoms with Gasteiger partial charge in [0.2, 0.25) is 0 Å². The van der Waals surface area contributed by atoms with Gasteiger partial charge >= 0.3 is 0 Å². The predicted octanol–water partition coefficient (Wildman–Crippen LogP) is 12.8. The number of rotatable bonds is 2. The van der Waals surface area contributed by atoms with Gasteiger partial charge in [-0.3, -0.25) is 0 Å². The summed E-state index contributed by atoms with van der Waals surface area (Å²) in [5.41, 5.74) is 15.3. The molecule has 0 N–H and O–H groups in total. The minimum atomic E-state index is -0.418. The van der Waals surface area contributed by atoms with Crippen LogP contribution in [0.5, 0.6) is 0 Å². The first-order valence-electron chi connectivity index (χ1n) is 17.2. The maximum atomic E-state index is 2.55. The topological polar surface area (TPSA) is 0 Å². The number of hydrogen-bond donors (Lipinski definition) is 0. The maximum Gasteiger partial charge on any atom is 0.0725 e. The van der Waals surface area contributed by atoms with Gasteiger partial charge in [0.15, 0.2) is 0 Å². The largest absolute Gasteiger partial charge is 0.0725 e. The Balaban J connectivity index is 1.22. The summed E-state index contributed by atoms with van der Waals surface area (Å²) in [5, 5.41) is 7.88. The summed E-state index contributed by atoms with van der Waals surface area (Å²) in [4.78, 5) is 0. The predicted molar refractivity (Wildman–Crippen MR) is 206 cm³/mol. The smallest absolute Gasteiger partial charge is 0.0622 e. The summed E-state index contributed by atoms with van der Waals surface area (Å²) >= 11 is 0. The molecule has 1 atom stereocenters. The van der Waals surface area contributed by atoms with Crippen molar-refractivity contribution in [3.05, 3.63) is 204 Å². The normalized spacial score (nSPS) is 15.4. The SMILES string of the molecule is c1ccc(-c2ccc(-c3ccc4c(c3)C3(c5ccccc5-4)c4ccccc4-c4cc5c6ccccc6c6ccccc6c5cc43)cc2)cc1. The summed E-state index contributed by atoms with van der Waals surface area (Å²) in [6, 6.07) is 68.0. The third-order valence-corrected chi connectivity index (χ3v) is 11.3. The van der Waals surface area contributed by atoms with Crippen molar-refractivity contribution in [2.75, 3.05) is 0 Å². The van der Waals surface area contributed by atoms with E-state index in [-0.39, 0.29) is 0 Å². The van der Waals surface area contributed by atoms with Gasteiger partial charge in [-0.2, -0.15) is 0 Å². The maximum absolute atomic E-state index is 2.55. The van der Waals surface area contributed by atoms with Crippen LogP contribution in [-0.4, -0.2) is 0 Å².